The van der Waals surface area contributed by atoms with E-state index in [-0.39, 0.29) is 40.2 Å². The Bertz CT molecular complexity index is 1190. The summed E-state index contributed by atoms with van der Waals surface area (Å²) in [5.41, 5.74) is 0.666. The predicted octanol–water partition coefficient (Wildman–Crippen LogP) is 3.77. The number of amidine groups is 1. The lowest BCUT2D eigenvalue weighted by Gasteiger charge is -2.23. The molecule has 0 unspecified atom stereocenters. The highest BCUT2D eigenvalue weighted by Crippen LogP contribution is 2.37. The van der Waals surface area contributed by atoms with Crippen molar-refractivity contribution in [3.05, 3.63) is 59.8 Å². The van der Waals surface area contributed by atoms with Gasteiger partial charge in [0.1, 0.15) is 17.2 Å². The van der Waals surface area contributed by atoms with Gasteiger partial charge in [0.05, 0.1) is 12.2 Å². The number of amides is 1. The van der Waals surface area contributed by atoms with E-state index in [9.17, 15) is 13.6 Å². The number of nitrogens with zero attached hydrogens (tertiary/aromatic N) is 5. The van der Waals surface area contributed by atoms with Crippen LogP contribution in [0.1, 0.15) is 60.9 Å². The van der Waals surface area contributed by atoms with Gasteiger partial charge >= 0.3 is 0 Å². The molecule has 0 radical (unpaired) electrons. The van der Waals surface area contributed by atoms with Crippen molar-refractivity contribution in [2.75, 3.05) is 5.32 Å². The Hall–Kier alpha value is -3.73. The van der Waals surface area contributed by atoms with Crippen LogP contribution in [-0.4, -0.2) is 42.5 Å². The highest BCUT2D eigenvalue weighted by atomic mass is 19.3. The van der Waals surface area contributed by atoms with Crippen LogP contribution in [0.4, 0.5) is 14.6 Å². The lowest BCUT2D eigenvalue weighted by atomic mass is 10.0. The van der Waals surface area contributed by atoms with Gasteiger partial charge in [-0.25, -0.2) is 19.6 Å². The van der Waals surface area contributed by atoms with E-state index in [2.05, 4.69) is 20.4 Å². The van der Waals surface area contributed by atoms with E-state index in [1.54, 1.807) is 29.1 Å². The number of hydrazine groups is 1. The molecule has 1 aliphatic rings. The zero-order valence-corrected chi connectivity index (χ0v) is 18.2. The van der Waals surface area contributed by atoms with Crippen molar-refractivity contribution < 1.29 is 13.6 Å². The van der Waals surface area contributed by atoms with Crippen LogP contribution in [0.25, 0.3) is 11.1 Å². The number of carbonyl (C=O) groups is 1. The third-order valence-corrected chi connectivity index (χ3v) is 5.28. The number of nitrogens with one attached hydrogen (secondary N) is 2. The fourth-order valence-corrected chi connectivity index (χ4v) is 3.24. The number of hydrogen-bond donors (Lipinski definition) is 3. The van der Waals surface area contributed by atoms with E-state index in [0.29, 0.717) is 11.6 Å². The van der Waals surface area contributed by atoms with Crippen molar-refractivity contribution in [3.8, 4) is 11.1 Å². The molecule has 1 fully saturated rings. The van der Waals surface area contributed by atoms with Gasteiger partial charge in [0.2, 0.25) is 0 Å². The third-order valence-electron chi connectivity index (χ3n) is 5.28. The van der Waals surface area contributed by atoms with Crippen LogP contribution in [0.3, 0.4) is 0 Å². The minimum absolute atomic E-state index is 0.00419. The molecule has 1 amide bonds. The van der Waals surface area contributed by atoms with Crippen molar-refractivity contribution in [1.29, 1.82) is 5.41 Å². The first-order chi connectivity index (χ1) is 15.7. The highest BCUT2D eigenvalue weighted by molar-refractivity contribution is 6.03. The van der Waals surface area contributed by atoms with Crippen LogP contribution in [0, 0.1) is 5.41 Å². The van der Waals surface area contributed by atoms with E-state index in [0.717, 1.165) is 19.0 Å². The summed E-state index contributed by atoms with van der Waals surface area (Å²) in [5, 5.41) is 16.3. The molecule has 1 saturated carbocycles. The average Bonchev–Trinajstić information content (AvgIpc) is 3.54. The minimum Gasteiger partial charge on any atom is -0.305 e. The summed E-state index contributed by atoms with van der Waals surface area (Å²) in [5.74, 6) is 5.44. The van der Waals surface area contributed by atoms with E-state index < -0.39 is 12.3 Å². The Morgan fingerprint density at radius 2 is 2.03 bits per heavy atom. The fourth-order valence-electron chi connectivity index (χ4n) is 3.24. The van der Waals surface area contributed by atoms with Crippen molar-refractivity contribution in [3.63, 3.8) is 0 Å². The summed E-state index contributed by atoms with van der Waals surface area (Å²) in [7, 11) is 0. The number of nitrogens with two attached hydrogens (primary N) is 1. The zero-order valence-electron chi connectivity index (χ0n) is 18.2. The van der Waals surface area contributed by atoms with E-state index in [4.69, 9.17) is 11.3 Å². The molecule has 0 saturated heterocycles. The first kappa shape index (κ1) is 22.5. The first-order valence-corrected chi connectivity index (χ1v) is 10.5. The van der Waals surface area contributed by atoms with Gasteiger partial charge in [0.25, 0.3) is 12.3 Å². The quantitative estimate of drug-likeness (QED) is 0.216. The van der Waals surface area contributed by atoms with Crippen LogP contribution in [0.15, 0.2) is 42.9 Å². The first-order valence-electron chi connectivity index (χ1n) is 10.5. The molecule has 33 heavy (non-hydrogen) atoms. The number of aromatic nitrogens is 4. The molecule has 0 aromatic carbocycles. The molecular formula is C22H24F2N8O. The van der Waals surface area contributed by atoms with Gasteiger partial charge in [-0.2, -0.15) is 5.10 Å². The van der Waals surface area contributed by atoms with Gasteiger partial charge in [-0.05, 0) is 50.5 Å². The molecule has 3 aromatic rings. The molecule has 3 heterocycles. The Morgan fingerprint density at radius 1 is 1.27 bits per heavy atom. The normalized spacial score (nSPS) is 13.4. The Labute approximate surface area is 189 Å². The van der Waals surface area contributed by atoms with Gasteiger partial charge in [-0.15, -0.1) is 0 Å². The summed E-state index contributed by atoms with van der Waals surface area (Å²) >= 11 is 0. The second kappa shape index (κ2) is 9.02. The van der Waals surface area contributed by atoms with Crippen LogP contribution < -0.4 is 11.2 Å². The second-order valence-corrected chi connectivity index (χ2v) is 8.11. The highest BCUT2D eigenvalue weighted by Gasteiger charge is 2.26. The molecule has 172 valence electrons. The zero-order chi connectivity index (χ0) is 23.7. The molecule has 0 spiro atoms. The molecule has 3 aromatic heterocycles. The molecule has 0 atom stereocenters. The van der Waals surface area contributed by atoms with Crippen LogP contribution in [0.5, 0.6) is 0 Å². The largest absolute Gasteiger partial charge is 0.305 e. The summed E-state index contributed by atoms with van der Waals surface area (Å²) in [6.07, 6.45) is 3.51. The Balaban J connectivity index is 1.58. The number of pyridine rings is 2. The number of rotatable bonds is 7. The maximum absolute atomic E-state index is 13.6. The van der Waals surface area contributed by atoms with E-state index in [1.165, 1.54) is 17.3 Å². The van der Waals surface area contributed by atoms with Gasteiger partial charge in [0, 0.05) is 29.6 Å². The average molecular weight is 454 g/mol. The number of hydrogen-bond acceptors (Lipinski definition) is 6. The molecule has 0 aliphatic heterocycles. The number of carbonyl (C=O) groups excluding carboxylic acids is 1. The molecular weight excluding hydrogens is 430 g/mol. The van der Waals surface area contributed by atoms with Crippen molar-refractivity contribution >= 4 is 17.6 Å². The number of anilines is 1. The minimum atomic E-state index is -2.75. The maximum Gasteiger partial charge on any atom is 0.275 e. The number of halogens is 2. The molecule has 4 rings (SSSR count). The van der Waals surface area contributed by atoms with Gasteiger partial charge in [0.15, 0.2) is 5.84 Å². The fraction of sp³-hybridized carbons (Fsp3) is 0.318. The standard InChI is InChI=1S/C22H24F2N8O/c1-12(2)32(26)21(25)17-4-3-5-19(29-17)30-22(33)18-8-15(16(10-27-18)20(23)24)13-9-28-31(11-13)14-6-7-14/h3-5,8-12,14,20,25H,6-7,26H2,1-2H3,(H,29,30,33). The SMILES string of the molecule is CC(C)N(N)C(=N)c1cccc(NC(=O)c2cc(-c3cnn(C4CC4)c3)c(C(F)F)cn2)n1. The van der Waals surface area contributed by atoms with Crippen LogP contribution in [-0.2, 0) is 0 Å². The van der Waals surface area contributed by atoms with E-state index in [1.807, 2.05) is 13.8 Å². The topological polar surface area (TPSA) is 126 Å². The molecule has 4 N–H and O–H groups in total. The maximum atomic E-state index is 13.6. The number of alkyl halides is 2. The van der Waals surface area contributed by atoms with Crippen LogP contribution in [0.2, 0.25) is 0 Å². The lowest BCUT2D eigenvalue weighted by Crippen LogP contribution is -2.43. The monoisotopic (exact) mass is 454 g/mol. The van der Waals surface area contributed by atoms with Crippen LogP contribution >= 0.6 is 0 Å². The summed E-state index contributed by atoms with van der Waals surface area (Å²) in [6, 6.07) is 6.31. The summed E-state index contributed by atoms with van der Waals surface area (Å²) in [4.78, 5) is 21.0. The molecule has 1 aliphatic carbocycles. The molecule has 0 bridgehead atoms. The predicted molar refractivity (Wildman–Crippen MR) is 119 cm³/mol. The summed E-state index contributed by atoms with van der Waals surface area (Å²) < 4.78 is 29.0. The van der Waals surface area contributed by atoms with Crippen molar-refractivity contribution in [2.45, 2.75) is 45.2 Å². The van der Waals surface area contributed by atoms with Crippen molar-refractivity contribution in [2.24, 2.45) is 5.84 Å². The summed E-state index contributed by atoms with van der Waals surface area (Å²) in [6.45, 7) is 3.67. The molecule has 11 heteroatoms. The van der Waals surface area contributed by atoms with Gasteiger partial charge in [-0.1, -0.05) is 6.07 Å². The third kappa shape index (κ3) is 4.87. The Kier molecular flexibility index (Phi) is 6.14. The van der Waals surface area contributed by atoms with Gasteiger partial charge in [-0.3, -0.25) is 24.9 Å². The van der Waals surface area contributed by atoms with Crippen molar-refractivity contribution in [1.82, 2.24) is 24.8 Å². The second-order valence-electron chi connectivity index (χ2n) is 8.11. The smallest absolute Gasteiger partial charge is 0.275 e. The lowest BCUT2D eigenvalue weighted by molar-refractivity contribution is 0.102. The van der Waals surface area contributed by atoms with E-state index >= 15 is 0 Å². The Morgan fingerprint density at radius 3 is 2.70 bits per heavy atom. The molecule has 9 nitrogen and oxygen atoms in total. The van der Waals surface area contributed by atoms with Gasteiger partial charge < -0.3 is 5.32 Å².